The Labute approximate surface area is 87.6 Å². The molecule has 0 radical (unpaired) electrons. The number of hydrogen-bond acceptors (Lipinski definition) is 5. The molecule has 6 nitrogen and oxygen atoms in total. The quantitative estimate of drug-likeness (QED) is 0.737. The average Bonchev–Trinajstić information content (AvgIpc) is 2.90. The molecule has 1 aliphatic rings. The second kappa shape index (κ2) is 3.58. The first-order valence-electron chi connectivity index (χ1n) is 4.55. The molecule has 2 heterocycles. The van der Waals surface area contributed by atoms with Gasteiger partial charge < -0.3 is 9.26 Å². The van der Waals surface area contributed by atoms with E-state index in [1.807, 2.05) is 0 Å². The predicted molar refractivity (Wildman–Crippen MR) is 50.9 cm³/mol. The minimum atomic E-state index is -3.52. The van der Waals surface area contributed by atoms with E-state index in [1.54, 1.807) is 13.8 Å². The zero-order valence-electron chi connectivity index (χ0n) is 8.48. The molecule has 1 N–H and O–H groups in total. The topological polar surface area (TPSA) is 84.7 Å². The van der Waals surface area contributed by atoms with Gasteiger partial charge in [-0.05, 0) is 13.8 Å². The summed E-state index contributed by atoms with van der Waals surface area (Å²) in [6, 6.07) is 0. The summed E-state index contributed by atoms with van der Waals surface area (Å²) in [5.74, 6) is 0.303. The molecule has 1 saturated heterocycles. The molecule has 0 aliphatic carbocycles. The fraction of sp³-hybridized carbons (Fsp3) is 0.625. The van der Waals surface area contributed by atoms with Gasteiger partial charge in [0.15, 0.2) is 5.76 Å². The van der Waals surface area contributed by atoms with Crippen molar-refractivity contribution < 1.29 is 17.7 Å². The second-order valence-corrected chi connectivity index (χ2v) is 5.16. The van der Waals surface area contributed by atoms with Gasteiger partial charge in [0, 0.05) is 6.54 Å². The van der Waals surface area contributed by atoms with Crippen molar-refractivity contribution in [1.29, 1.82) is 0 Å². The van der Waals surface area contributed by atoms with Gasteiger partial charge in [-0.3, -0.25) is 0 Å². The molecule has 84 valence electrons. The van der Waals surface area contributed by atoms with Crippen molar-refractivity contribution in [3.8, 4) is 0 Å². The van der Waals surface area contributed by atoms with E-state index in [1.165, 1.54) is 0 Å². The van der Waals surface area contributed by atoms with Crippen LogP contribution in [0.2, 0.25) is 0 Å². The van der Waals surface area contributed by atoms with Crippen molar-refractivity contribution in [2.75, 3.05) is 13.2 Å². The number of hydrogen-bond donors (Lipinski definition) is 1. The Kier molecular flexibility index (Phi) is 2.53. The molecule has 1 aromatic heterocycles. The lowest BCUT2D eigenvalue weighted by Gasteiger charge is -2.03. The lowest BCUT2D eigenvalue weighted by molar-refractivity contribution is 0.390. The SMILES string of the molecule is Cc1noc(C)c1S(=O)(=O)NC[C@H]1CO1. The van der Waals surface area contributed by atoms with Crippen molar-refractivity contribution in [2.45, 2.75) is 24.8 Å². The van der Waals surface area contributed by atoms with Gasteiger partial charge in [-0.1, -0.05) is 5.16 Å². The van der Waals surface area contributed by atoms with Crippen molar-refractivity contribution in [1.82, 2.24) is 9.88 Å². The summed E-state index contributed by atoms with van der Waals surface area (Å²) < 4.78 is 35.8. The van der Waals surface area contributed by atoms with Crippen LogP contribution in [0.15, 0.2) is 9.42 Å². The standard InChI is InChI=1S/C8H12N2O4S/c1-5-8(6(2)14-10-5)15(11,12)9-3-7-4-13-7/h7,9H,3-4H2,1-2H3/t7-/m0/s1. The van der Waals surface area contributed by atoms with Crippen LogP contribution in [0.1, 0.15) is 11.5 Å². The van der Waals surface area contributed by atoms with Gasteiger partial charge in [-0.2, -0.15) is 0 Å². The molecule has 0 saturated carbocycles. The van der Waals surface area contributed by atoms with Crippen LogP contribution in [0.25, 0.3) is 0 Å². The van der Waals surface area contributed by atoms with Gasteiger partial charge >= 0.3 is 0 Å². The van der Waals surface area contributed by atoms with Crippen LogP contribution in [0.4, 0.5) is 0 Å². The minimum Gasteiger partial charge on any atom is -0.372 e. The minimum absolute atomic E-state index is 0.0141. The number of sulfonamides is 1. The van der Waals surface area contributed by atoms with Crippen molar-refractivity contribution in [2.24, 2.45) is 0 Å². The van der Waals surface area contributed by atoms with E-state index in [9.17, 15) is 8.42 Å². The van der Waals surface area contributed by atoms with Gasteiger partial charge in [0.05, 0.1) is 12.7 Å². The smallest absolute Gasteiger partial charge is 0.246 e. The highest BCUT2D eigenvalue weighted by atomic mass is 32.2. The maximum absolute atomic E-state index is 11.8. The molecule has 0 bridgehead atoms. The number of nitrogens with zero attached hydrogens (tertiary/aromatic N) is 1. The molecule has 1 aliphatic heterocycles. The molecule has 2 rings (SSSR count). The highest BCUT2D eigenvalue weighted by Crippen LogP contribution is 2.19. The Morgan fingerprint density at radius 3 is 2.67 bits per heavy atom. The highest BCUT2D eigenvalue weighted by molar-refractivity contribution is 7.89. The van der Waals surface area contributed by atoms with Crippen LogP contribution >= 0.6 is 0 Å². The number of rotatable bonds is 4. The molecule has 1 fully saturated rings. The largest absolute Gasteiger partial charge is 0.372 e. The van der Waals surface area contributed by atoms with Crippen LogP contribution in [-0.4, -0.2) is 32.8 Å². The lowest BCUT2D eigenvalue weighted by Crippen LogP contribution is -2.28. The van der Waals surface area contributed by atoms with Crippen molar-refractivity contribution >= 4 is 10.0 Å². The monoisotopic (exact) mass is 232 g/mol. The Morgan fingerprint density at radius 1 is 1.53 bits per heavy atom. The van der Waals surface area contributed by atoms with E-state index >= 15 is 0 Å². The van der Waals surface area contributed by atoms with E-state index < -0.39 is 10.0 Å². The number of ether oxygens (including phenoxy) is 1. The Bertz CT molecular complexity index is 441. The third-order valence-corrected chi connectivity index (χ3v) is 3.81. The highest BCUT2D eigenvalue weighted by Gasteiger charge is 2.28. The summed E-state index contributed by atoms with van der Waals surface area (Å²) in [6.07, 6.45) is 0.0141. The normalized spacial score (nSPS) is 20.5. The summed E-state index contributed by atoms with van der Waals surface area (Å²) in [5.41, 5.74) is 0.372. The zero-order valence-corrected chi connectivity index (χ0v) is 9.30. The molecule has 0 unspecified atom stereocenters. The molecule has 15 heavy (non-hydrogen) atoms. The Hall–Kier alpha value is -0.920. The maximum atomic E-state index is 11.8. The van der Waals surface area contributed by atoms with Crippen LogP contribution in [-0.2, 0) is 14.8 Å². The van der Waals surface area contributed by atoms with Crippen LogP contribution in [0.3, 0.4) is 0 Å². The number of aryl methyl sites for hydroxylation is 2. The fourth-order valence-corrected chi connectivity index (χ4v) is 2.71. The molecule has 1 aromatic rings. The molecular weight excluding hydrogens is 220 g/mol. The summed E-state index contributed by atoms with van der Waals surface area (Å²) in [6.45, 7) is 4.08. The molecule has 0 spiro atoms. The first-order valence-corrected chi connectivity index (χ1v) is 6.03. The van der Waals surface area contributed by atoms with E-state index in [0.29, 0.717) is 24.6 Å². The molecule has 1 atom stereocenters. The summed E-state index contributed by atoms with van der Waals surface area (Å²) in [4.78, 5) is 0.128. The Morgan fingerprint density at radius 2 is 2.20 bits per heavy atom. The number of nitrogens with one attached hydrogen (secondary N) is 1. The summed E-state index contributed by atoms with van der Waals surface area (Å²) >= 11 is 0. The van der Waals surface area contributed by atoms with Crippen LogP contribution < -0.4 is 4.72 Å². The van der Waals surface area contributed by atoms with Crippen molar-refractivity contribution in [3.05, 3.63) is 11.5 Å². The summed E-state index contributed by atoms with van der Waals surface area (Å²) in [5, 5.41) is 3.60. The lowest BCUT2D eigenvalue weighted by atomic mass is 10.4. The van der Waals surface area contributed by atoms with E-state index in [4.69, 9.17) is 9.26 Å². The van der Waals surface area contributed by atoms with Gasteiger partial charge in [0.1, 0.15) is 10.6 Å². The van der Waals surface area contributed by atoms with E-state index in [-0.39, 0.29) is 11.0 Å². The third kappa shape index (κ3) is 2.19. The van der Waals surface area contributed by atoms with Crippen molar-refractivity contribution in [3.63, 3.8) is 0 Å². The van der Waals surface area contributed by atoms with E-state index in [0.717, 1.165) is 0 Å². The van der Waals surface area contributed by atoms with Crippen LogP contribution in [0.5, 0.6) is 0 Å². The Balaban J connectivity index is 2.20. The van der Waals surface area contributed by atoms with Gasteiger partial charge in [-0.25, -0.2) is 13.1 Å². The number of aromatic nitrogens is 1. The average molecular weight is 232 g/mol. The molecule has 0 aromatic carbocycles. The number of epoxide rings is 1. The first-order chi connectivity index (χ1) is 7.00. The van der Waals surface area contributed by atoms with Crippen LogP contribution in [0, 0.1) is 13.8 Å². The first kappa shape index (κ1) is 10.6. The molecule has 0 amide bonds. The summed E-state index contributed by atoms with van der Waals surface area (Å²) in [7, 11) is -3.52. The van der Waals surface area contributed by atoms with Gasteiger partial charge in [-0.15, -0.1) is 0 Å². The van der Waals surface area contributed by atoms with Gasteiger partial charge in [0.25, 0.3) is 0 Å². The fourth-order valence-electron chi connectivity index (χ4n) is 1.32. The maximum Gasteiger partial charge on any atom is 0.246 e. The molecule has 7 heteroatoms. The molecular formula is C8H12N2O4S. The van der Waals surface area contributed by atoms with E-state index in [2.05, 4.69) is 9.88 Å². The third-order valence-electron chi connectivity index (χ3n) is 2.14. The van der Waals surface area contributed by atoms with Gasteiger partial charge in [0.2, 0.25) is 10.0 Å². The second-order valence-electron chi connectivity index (χ2n) is 3.46. The zero-order chi connectivity index (χ0) is 11.1. The predicted octanol–water partition coefficient (Wildman–Crippen LogP) is -0.0315.